The molecule has 0 aromatic heterocycles. The first-order chi connectivity index (χ1) is 11.1. The second-order valence-corrected chi connectivity index (χ2v) is 6.20. The van der Waals surface area contributed by atoms with Crippen molar-refractivity contribution in [1.29, 1.82) is 0 Å². The molecule has 0 saturated heterocycles. The maximum atomic E-state index is 10.3. The standard InChI is InChI=1S/C20H20ClNO/c1-14(18-8-4-6-15-5-2-3-7-19(15)18)22-13-20(23)16-9-11-17(21)12-10-16/h2-12,14,20,22-23H,13H2,1H3/t14-,20-/m1/s1. The van der Waals surface area contributed by atoms with E-state index in [1.807, 2.05) is 12.1 Å². The summed E-state index contributed by atoms with van der Waals surface area (Å²) in [6, 6.07) is 22.2. The van der Waals surface area contributed by atoms with Gasteiger partial charge in [-0.1, -0.05) is 66.2 Å². The molecule has 0 aliphatic heterocycles. The molecule has 0 heterocycles. The molecule has 2 N–H and O–H groups in total. The molecule has 0 spiro atoms. The largest absolute Gasteiger partial charge is 0.387 e. The summed E-state index contributed by atoms with van der Waals surface area (Å²) in [6.45, 7) is 2.61. The first kappa shape index (κ1) is 16.0. The van der Waals surface area contributed by atoms with Crippen molar-refractivity contribution in [3.05, 3.63) is 82.9 Å². The van der Waals surface area contributed by atoms with E-state index < -0.39 is 6.10 Å². The van der Waals surface area contributed by atoms with Gasteiger partial charge in [0.15, 0.2) is 0 Å². The molecule has 2 nitrogen and oxygen atoms in total. The highest BCUT2D eigenvalue weighted by molar-refractivity contribution is 6.30. The Morgan fingerprint density at radius 2 is 1.65 bits per heavy atom. The number of hydrogen-bond acceptors (Lipinski definition) is 2. The highest BCUT2D eigenvalue weighted by atomic mass is 35.5. The van der Waals surface area contributed by atoms with Gasteiger partial charge in [-0.2, -0.15) is 0 Å². The first-order valence-electron chi connectivity index (χ1n) is 7.80. The van der Waals surface area contributed by atoms with Gasteiger partial charge in [-0.3, -0.25) is 0 Å². The summed E-state index contributed by atoms with van der Waals surface area (Å²) < 4.78 is 0. The van der Waals surface area contributed by atoms with E-state index in [2.05, 4.69) is 54.7 Å². The quantitative estimate of drug-likeness (QED) is 0.701. The third kappa shape index (κ3) is 3.73. The number of nitrogens with one attached hydrogen (secondary N) is 1. The zero-order valence-electron chi connectivity index (χ0n) is 13.0. The number of aliphatic hydroxyl groups is 1. The molecule has 0 unspecified atom stereocenters. The van der Waals surface area contributed by atoms with E-state index >= 15 is 0 Å². The van der Waals surface area contributed by atoms with Gasteiger partial charge in [-0.25, -0.2) is 0 Å². The van der Waals surface area contributed by atoms with E-state index in [4.69, 9.17) is 11.6 Å². The minimum absolute atomic E-state index is 0.156. The van der Waals surface area contributed by atoms with Crippen LogP contribution in [0.2, 0.25) is 5.02 Å². The summed E-state index contributed by atoms with van der Waals surface area (Å²) in [7, 11) is 0. The maximum Gasteiger partial charge on any atom is 0.0914 e. The fourth-order valence-electron chi connectivity index (χ4n) is 2.83. The van der Waals surface area contributed by atoms with Gasteiger partial charge in [0.25, 0.3) is 0 Å². The van der Waals surface area contributed by atoms with E-state index in [1.165, 1.54) is 16.3 Å². The Hall–Kier alpha value is -1.87. The molecule has 3 aromatic rings. The maximum absolute atomic E-state index is 10.3. The SMILES string of the molecule is C[C@@H](NC[C@@H](O)c1ccc(Cl)cc1)c1cccc2ccccc12. The monoisotopic (exact) mass is 325 g/mol. The molecular formula is C20H20ClNO. The lowest BCUT2D eigenvalue weighted by atomic mass is 9.99. The highest BCUT2D eigenvalue weighted by Gasteiger charge is 2.12. The summed E-state index contributed by atoms with van der Waals surface area (Å²) >= 11 is 5.88. The van der Waals surface area contributed by atoms with Crippen LogP contribution in [0.3, 0.4) is 0 Å². The predicted octanol–water partition coefficient (Wildman–Crippen LogP) is 4.88. The molecule has 0 saturated carbocycles. The van der Waals surface area contributed by atoms with Crippen LogP contribution in [0.4, 0.5) is 0 Å². The molecule has 3 heteroatoms. The molecule has 0 aliphatic carbocycles. The van der Waals surface area contributed by atoms with Crippen LogP contribution in [-0.2, 0) is 0 Å². The van der Waals surface area contributed by atoms with Gasteiger partial charge in [0.2, 0.25) is 0 Å². The summed E-state index contributed by atoms with van der Waals surface area (Å²) in [5.41, 5.74) is 2.11. The Bertz CT molecular complexity index is 780. The Labute approximate surface area is 141 Å². The van der Waals surface area contributed by atoms with Gasteiger partial charge in [-0.05, 0) is 41.0 Å². The lowest BCUT2D eigenvalue weighted by Gasteiger charge is -2.19. The topological polar surface area (TPSA) is 32.3 Å². The number of benzene rings is 3. The van der Waals surface area contributed by atoms with Crippen LogP contribution in [0.5, 0.6) is 0 Å². The normalized spacial score (nSPS) is 13.9. The molecule has 2 atom stereocenters. The average molecular weight is 326 g/mol. The average Bonchev–Trinajstić information content (AvgIpc) is 2.59. The Morgan fingerprint density at radius 1 is 0.957 bits per heavy atom. The number of hydrogen-bond donors (Lipinski definition) is 2. The van der Waals surface area contributed by atoms with Gasteiger partial charge in [0, 0.05) is 17.6 Å². The molecule has 0 fully saturated rings. The van der Waals surface area contributed by atoms with Gasteiger partial charge in [0.1, 0.15) is 0 Å². The molecule has 3 aromatic carbocycles. The second kappa shape index (κ2) is 7.14. The van der Waals surface area contributed by atoms with Crippen molar-refractivity contribution in [2.24, 2.45) is 0 Å². The zero-order valence-corrected chi connectivity index (χ0v) is 13.8. The van der Waals surface area contributed by atoms with Crippen LogP contribution in [0.25, 0.3) is 10.8 Å². The molecule has 0 amide bonds. The number of aliphatic hydroxyl groups excluding tert-OH is 1. The predicted molar refractivity (Wildman–Crippen MR) is 96.8 cm³/mol. The molecule has 23 heavy (non-hydrogen) atoms. The number of rotatable bonds is 5. The van der Waals surface area contributed by atoms with E-state index in [0.29, 0.717) is 11.6 Å². The van der Waals surface area contributed by atoms with Crippen LogP contribution in [0.1, 0.15) is 30.2 Å². The minimum Gasteiger partial charge on any atom is -0.387 e. The van der Waals surface area contributed by atoms with Crippen molar-refractivity contribution < 1.29 is 5.11 Å². The smallest absolute Gasteiger partial charge is 0.0914 e. The number of halogens is 1. The Balaban J connectivity index is 1.71. The van der Waals surface area contributed by atoms with E-state index in [-0.39, 0.29) is 6.04 Å². The zero-order chi connectivity index (χ0) is 16.2. The van der Waals surface area contributed by atoms with Crippen molar-refractivity contribution >= 4 is 22.4 Å². The lowest BCUT2D eigenvalue weighted by Crippen LogP contribution is -2.24. The second-order valence-electron chi connectivity index (χ2n) is 5.77. The Kier molecular flexibility index (Phi) is 4.97. The van der Waals surface area contributed by atoms with Gasteiger partial charge in [0.05, 0.1) is 6.10 Å². The van der Waals surface area contributed by atoms with E-state index in [9.17, 15) is 5.11 Å². The van der Waals surface area contributed by atoms with Crippen LogP contribution in [0.15, 0.2) is 66.7 Å². The third-order valence-corrected chi connectivity index (χ3v) is 4.41. The summed E-state index contributed by atoms with van der Waals surface area (Å²) in [6.07, 6.45) is -0.551. The third-order valence-electron chi connectivity index (χ3n) is 4.16. The molecule has 0 bridgehead atoms. The fourth-order valence-corrected chi connectivity index (χ4v) is 2.96. The van der Waals surface area contributed by atoms with Crippen molar-refractivity contribution in [3.8, 4) is 0 Å². The Morgan fingerprint density at radius 3 is 2.43 bits per heavy atom. The first-order valence-corrected chi connectivity index (χ1v) is 8.17. The van der Waals surface area contributed by atoms with Crippen LogP contribution < -0.4 is 5.32 Å². The molecule has 0 radical (unpaired) electrons. The van der Waals surface area contributed by atoms with Crippen LogP contribution in [-0.4, -0.2) is 11.7 Å². The van der Waals surface area contributed by atoms with Crippen molar-refractivity contribution in [3.63, 3.8) is 0 Å². The van der Waals surface area contributed by atoms with Crippen molar-refractivity contribution in [2.45, 2.75) is 19.1 Å². The van der Waals surface area contributed by atoms with Crippen LogP contribution in [0, 0.1) is 0 Å². The minimum atomic E-state index is -0.551. The van der Waals surface area contributed by atoms with Gasteiger partial charge >= 0.3 is 0 Å². The van der Waals surface area contributed by atoms with Crippen molar-refractivity contribution in [1.82, 2.24) is 5.32 Å². The van der Waals surface area contributed by atoms with E-state index in [1.54, 1.807) is 12.1 Å². The number of fused-ring (bicyclic) bond motifs is 1. The molecule has 0 aliphatic rings. The van der Waals surface area contributed by atoms with Crippen LogP contribution >= 0.6 is 11.6 Å². The van der Waals surface area contributed by atoms with E-state index in [0.717, 1.165) is 5.56 Å². The molecule has 3 rings (SSSR count). The lowest BCUT2D eigenvalue weighted by molar-refractivity contribution is 0.171. The highest BCUT2D eigenvalue weighted by Crippen LogP contribution is 2.24. The summed E-state index contributed by atoms with van der Waals surface area (Å²) in [5, 5.41) is 16.9. The fraction of sp³-hybridized carbons (Fsp3) is 0.200. The molecular weight excluding hydrogens is 306 g/mol. The van der Waals surface area contributed by atoms with Gasteiger partial charge in [-0.15, -0.1) is 0 Å². The summed E-state index contributed by atoms with van der Waals surface area (Å²) in [4.78, 5) is 0. The molecule has 118 valence electrons. The van der Waals surface area contributed by atoms with Gasteiger partial charge < -0.3 is 10.4 Å². The summed E-state index contributed by atoms with van der Waals surface area (Å²) in [5.74, 6) is 0. The van der Waals surface area contributed by atoms with Crippen molar-refractivity contribution in [2.75, 3.05) is 6.54 Å².